The van der Waals surface area contributed by atoms with Crippen LogP contribution in [0.4, 0.5) is 0 Å². The predicted octanol–water partition coefficient (Wildman–Crippen LogP) is 2.74. The third kappa shape index (κ3) is 3.28. The van der Waals surface area contributed by atoms with Crippen LogP contribution in [0.25, 0.3) is 10.9 Å². The fraction of sp³-hybridized carbons (Fsp3) is 0.105. The summed E-state index contributed by atoms with van der Waals surface area (Å²) >= 11 is 0. The summed E-state index contributed by atoms with van der Waals surface area (Å²) in [5.41, 5.74) is 3.51. The van der Waals surface area contributed by atoms with Crippen molar-refractivity contribution >= 4 is 16.8 Å². The minimum Gasteiger partial charge on any atom is -0.347 e. The van der Waals surface area contributed by atoms with Crippen LogP contribution in [0, 0.1) is 0 Å². The van der Waals surface area contributed by atoms with Crippen LogP contribution in [-0.2, 0) is 13.1 Å². The summed E-state index contributed by atoms with van der Waals surface area (Å²) in [6, 6.07) is 15.8. The molecule has 6 heteroatoms. The normalized spacial score (nSPS) is 10.9. The minimum absolute atomic E-state index is 0.181. The Morgan fingerprint density at radius 2 is 1.88 bits per heavy atom. The number of nitrogens with one attached hydrogen (secondary N) is 2. The van der Waals surface area contributed by atoms with E-state index in [0.717, 1.165) is 23.0 Å². The summed E-state index contributed by atoms with van der Waals surface area (Å²) in [7, 11) is 0. The van der Waals surface area contributed by atoms with Gasteiger partial charge < -0.3 is 9.88 Å². The van der Waals surface area contributed by atoms with Gasteiger partial charge in [-0.05, 0) is 17.2 Å². The monoisotopic (exact) mass is 331 g/mol. The number of para-hydroxylation sites is 1. The smallest absolute Gasteiger partial charge is 0.272 e. The van der Waals surface area contributed by atoms with Crippen LogP contribution in [-0.4, -0.2) is 25.7 Å². The van der Waals surface area contributed by atoms with Gasteiger partial charge >= 0.3 is 0 Å². The summed E-state index contributed by atoms with van der Waals surface area (Å²) in [5, 5.41) is 10.7. The molecule has 0 aliphatic rings. The van der Waals surface area contributed by atoms with E-state index in [1.807, 2.05) is 47.2 Å². The molecule has 2 heterocycles. The molecule has 0 spiro atoms. The summed E-state index contributed by atoms with van der Waals surface area (Å²) < 4.78 is 2.01. The van der Waals surface area contributed by atoms with Gasteiger partial charge in [0.2, 0.25) is 0 Å². The van der Waals surface area contributed by atoms with E-state index in [0.29, 0.717) is 12.2 Å². The van der Waals surface area contributed by atoms with Crippen molar-refractivity contribution in [1.29, 1.82) is 0 Å². The van der Waals surface area contributed by atoms with Crippen LogP contribution < -0.4 is 5.32 Å². The first-order valence-electron chi connectivity index (χ1n) is 8.04. The zero-order valence-corrected chi connectivity index (χ0v) is 13.5. The summed E-state index contributed by atoms with van der Waals surface area (Å²) in [6.07, 6.45) is 5.49. The van der Waals surface area contributed by atoms with Crippen molar-refractivity contribution in [3.8, 4) is 0 Å². The van der Waals surface area contributed by atoms with Crippen molar-refractivity contribution in [2.24, 2.45) is 0 Å². The molecule has 2 N–H and O–H groups in total. The van der Waals surface area contributed by atoms with Gasteiger partial charge in [0, 0.05) is 30.9 Å². The Labute approximate surface area is 144 Å². The van der Waals surface area contributed by atoms with E-state index in [-0.39, 0.29) is 5.91 Å². The molecule has 0 saturated carbocycles. The Morgan fingerprint density at radius 3 is 2.68 bits per heavy atom. The molecule has 25 heavy (non-hydrogen) atoms. The molecule has 0 aliphatic heterocycles. The van der Waals surface area contributed by atoms with Crippen molar-refractivity contribution in [3.05, 3.63) is 84.1 Å². The van der Waals surface area contributed by atoms with Crippen LogP contribution in [0.15, 0.2) is 67.3 Å². The molecule has 0 fully saturated rings. The zero-order chi connectivity index (χ0) is 17.1. The van der Waals surface area contributed by atoms with Gasteiger partial charge in [0.15, 0.2) is 5.69 Å². The highest BCUT2D eigenvalue weighted by Crippen LogP contribution is 2.15. The van der Waals surface area contributed by atoms with E-state index < -0.39 is 0 Å². The van der Waals surface area contributed by atoms with Crippen LogP contribution in [0.5, 0.6) is 0 Å². The molecule has 1 amide bonds. The molecular formula is C19H17N5O. The van der Waals surface area contributed by atoms with E-state index in [1.54, 1.807) is 12.5 Å². The first-order valence-corrected chi connectivity index (χ1v) is 8.04. The number of rotatable bonds is 5. The molecule has 4 aromatic rings. The number of hydrogen-bond donors (Lipinski definition) is 2. The first kappa shape index (κ1) is 15.1. The van der Waals surface area contributed by atoms with Crippen molar-refractivity contribution in [2.75, 3.05) is 0 Å². The maximum absolute atomic E-state index is 12.4. The Balaban J connectivity index is 1.40. The van der Waals surface area contributed by atoms with Crippen molar-refractivity contribution in [2.45, 2.75) is 13.1 Å². The maximum atomic E-state index is 12.4. The lowest BCUT2D eigenvalue weighted by Crippen LogP contribution is -2.23. The van der Waals surface area contributed by atoms with Crippen LogP contribution in [0.2, 0.25) is 0 Å². The number of benzene rings is 2. The average Bonchev–Trinajstić information content (AvgIpc) is 3.30. The average molecular weight is 331 g/mol. The second-order valence-electron chi connectivity index (χ2n) is 5.85. The zero-order valence-electron chi connectivity index (χ0n) is 13.5. The number of H-pyrrole nitrogens is 1. The number of carbonyl (C=O) groups is 1. The van der Waals surface area contributed by atoms with Gasteiger partial charge in [-0.3, -0.25) is 9.89 Å². The van der Waals surface area contributed by atoms with Gasteiger partial charge in [0.05, 0.1) is 11.8 Å². The van der Waals surface area contributed by atoms with Crippen LogP contribution in [0.1, 0.15) is 21.6 Å². The van der Waals surface area contributed by atoms with Crippen LogP contribution >= 0.6 is 0 Å². The molecule has 2 aromatic heterocycles. The maximum Gasteiger partial charge on any atom is 0.272 e. The highest BCUT2D eigenvalue weighted by Gasteiger charge is 2.13. The van der Waals surface area contributed by atoms with Gasteiger partial charge in [0.1, 0.15) is 0 Å². The standard InChI is InChI=1S/C19H17N5O/c25-19(18-16-3-1-2-4-17(16)22-23-18)21-11-14-5-7-15(8-6-14)12-24-10-9-20-13-24/h1-10,13H,11-12H2,(H,21,25)(H,22,23). The molecule has 0 radical (unpaired) electrons. The van der Waals surface area contributed by atoms with Crippen molar-refractivity contribution in [3.63, 3.8) is 0 Å². The van der Waals surface area contributed by atoms with Gasteiger partial charge in [0.25, 0.3) is 5.91 Å². The number of nitrogens with zero attached hydrogens (tertiary/aromatic N) is 3. The van der Waals surface area contributed by atoms with E-state index in [2.05, 4.69) is 32.6 Å². The molecule has 6 nitrogen and oxygen atoms in total. The number of hydrogen-bond acceptors (Lipinski definition) is 3. The molecule has 0 aliphatic carbocycles. The fourth-order valence-electron chi connectivity index (χ4n) is 2.76. The molecular weight excluding hydrogens is 314 g/mol. The minimum atomic E-state index is -0.181. The number of aromatic nitrogens is 4. The van der Waals surface area contributed by atoms with Gasteiger partial charge in [-0.1, -0.05) is 42.5 Å². The lowest BCUT2D eigenvalue weighted by Gasteiger charge is -2.06. The highest BCUT2D eigenvalue weighted by atomic mass is 16.1. The third-order valence-corrected chi connectivity index (χ3v) is 4.09. The first-order chi connectivity index (χ1) is 12.3. The summed E-state index contributed by atoms with van der Waals surface area (Å²) in [4.78, 5) is 16.4. The molecule has 124 valence electrons. The Hall–Kier alpha value is -3.41. The van der Waals surface area contributed by atoms with Gasteiger partial charge in [-0.25, -0.2) is 4.98 Å². The lowest BCUT2D eigenvalue weighted by molar-refractivity contribution is 0.0947. The molecule has 0 saturated heterocycles. The lowest BCUT2D eigenvalue weighted by atomic mass is 10.1. The molecule has 0 unspecified atom stereocenters. The van der Waals surface area contributed by atoms with E-state index in [1.165, 1.54) is 5.56 Å². The highest BCUT2D eigenvalue weighted by molar-refractivity contribution is 6.04. The van der Waals surface area contributed by atoms with E-state index in [4.69, 9.17) is 0 Å². The summed E-state index contributed by atoms with van der Waals surface area (Å²) in [6.45, 7) is 1.25. The molecule has 0 atom stereocenters. The molecule has 0 bridgehead atoms. The summed E-state index contributed by atoms with van der Waals surface area (Å²) in [5.74, 6) is -0.181. The number of amides is 1. The second kappa shape index (κ2) is 6.60. The van der Waals surface area contributed by atoms with Gasteiger partial charge in [-0.2, -0.15) is 5.10 Å². The van der Waals surface area contributed by atoms with E-state index in [9.17, 15) is 4.79 Å². The quantitative estimate of drug-likeness (QED) is 0.590. The number of carbonyl (C=O) groups excluding carboxylic acids is 1. The van der Waals surface area contributed by atoms with Crippen molar-refractivity contribution < 1.29 is 4.79 Å². The number of fused-ring (bicyclic) bond motifs is 1. The third-order valence-electron chi connectivity index (χ3n) is 4.09. The topological polar surface area (TPSA) is 75.6 Å². The Bertz CT molecular complexity index is 986. The molecule has 2 aromatic carbocycles. The number of imidazole rings is 1. The Morgan fingerprint density at radius 1 is 1.08 bits per heavy atom. The van der Waals surface area contributed by atoms with Gasteiger partial charge in [-0.15, -0.1) is 0 Å². The Kier molecular flexibility index (Phi) is 4.00. The largest absolute Gasteiger partial charge is 0.347 e. The van der Waals surface area contributed by atoms with Crippen LogP contribution in [0.3, 0.4) is 0 Å². The van der Waals surface area contributed by atoms with E-state index >= 15 is 0 Å². The molecule has 4 rings (SSSR count). The fourth-order valence-corrected chi connectivity index (χ4v) is 2.76. The SMILES string of the molecule is O=C(NCc1ccc(Cn2ccnc2)cc1)c1n[nH]c2ccccc12. The number of aromatic amines is 1. The van der Waals surface area contributed by atoms with Crippen molar-refractivity contribution in [1.82, 2.24) is 25.1 Å². The predicted molar refractivity (Wildman–Crippen MR) is 95.0 cm³/mol. The second-order valence-corrected chi connectivity index (χ2v) is 5.85.